The summed E-state index contributed by atoms with van der Waals surface area (Å²) in [6.07, 6.45) is 1.29. The van der Waals surface area contributed by atoms with Crippen LogP contribution in [0.3, 0.4) is 0 Å². The molecule has 34 heavy (non-hydrogen) atoms. The van der Waals surface area contributed by atoms with Crippen molar-refractivity contribution in [2.24, 2.45) is 0 Å². The number of anilines is 1. The molecule has 1 aliphatic rings. The summed E-state index contributed by atoms with van der Waals surface area (Å²) in [5.41, 5.74) is 0.857. The summed E-state index contributed by atoms with van der Waals surface area (Å²) >= 11 is 0. The number of hydrogen-bond donors (Lipinski definition) is 1. The predicted molar refractivity (Wildman–Crippen MR) is 122 cm³/mol. The second kappa shape index (κ2) is 9.55. The van der Waals surface area contributed by atoms with Crippen LogP contribution in [0.15, 0.2) is 76.7 Å². The number of urea groups is 1. The van der Waals surface area contributed by atoms with Crippen molar-refractivity contribution in [1.82, 2.24) is 4.90 Å². The number of carbonyl (C=O) groups excluding carboxylic acids is 3. The lowest BCUT2D eigenvalue weighted by Crippen LogP contribution is -2.57. The minimum Gasteiger partial charge on any atom is -0.478 e. The Kier molecular flexibility index (Phi) is 6.37. The smallest absolute Gasteiger partial charge is 0.338 e. The van der Waals surface area contributed by atoms with E-state index in [4.69, 9.17) is 14.3 Å². The summed E-state index contributed by atoms with van der Waals surface area (Å²) in [6.45, 7) is 0.0836. The number of carbonyl (C=O) groups is 4. The molecule has 0 aliphatic carbocycles. The fourth-order valence-electron chi connectivity index (χ4n) is 3.46. The summed E-state index contributed by atoms with van der Waals surface area (Å²) in [4.78, 5) is 52.2. The van der Waals surface area contributed by atoms with E-state index < -0.39 is 23.8 Å². The van der Waals surface area contributed by atoms with Gasteiger partial charge in [0.2, 0.25) is 0 Å². The molecule has 172 valence electrons. The second-order valence-corrected chi connectivity index (χ2v) is 7.35. The van der Waals surface area contributed by atoms with Crippen molar-refractivity contribution in [2.45, 2.75) is 0 Å². The van der Waals surface area contributed by atoms with Crippen molar-refractivity contribution in [3.8, 4) is 11.3 Å². The third-order valence-corrected chi connectivity index (χ3v) is 5.19. The first-order valence-electron chi connectivity index (χ1n) is 10.3. The molecule has 2 aromatic carbocycles. The average Bonchev–Trinajstić information content (AvgIpc) is 3.31. The first kappa shape index (κ1) is 22.7. The summed E-state index contributed by atoms with van der Waals surface area (Å²) in [6, 6.07) is 16.9. The molecule has 1 fully saturated rings. The number of furan rings is 1. The van der Waals surface area contributed by atoms with Crippen LogP contribution < -0.4 is 4.90 Å². The Balaban J connectivity index is 1.69. The largest absolute Gasteiger partial charge is 0.478 e. The summed E-state index contributed by atoms with van der Waals surface area (Å²) in [7, 11) is 1.45. The number of carboxylic acids is 1. The number of nitrogens with zero attached hydrogens (tertiary/aromatic N) is 2. The van der Waals surface area contributed by atoms with Crippen molar-refractivity contribution in [3.63, 3.8) is 0 Å². The zero-order valence-electron chi connectivity index (χ0n) is 18.1. The van der Waals surface area contributed by atoms with Crippen molar-refractivity contribution in [3.05, 3.63) is 83.6 Å². The number of aromatic carboxylic acids is 1. The molecule has 0 atom stereocenters. The normalized spacial score (nSPS) is 15.3. The Hall–Kier alpha value is -4.50. The van der Waals surface area contributed by atoms with Crippen LogP contribution in [0, 0.1) is 0 Å². The van der Waals surface area contributed by atoms with E-state index in [1.165, 1.54) is 25.3 Å². The number of imide groups is 2. The van der Waals surface area contributed by atoms with E-state index in [0.717, 1.165) is 9.80 Å². The molecular weight excluding hydrogens is 440 g/mol. The van der Waals surface area contributed by atoms with E-state index in [2.05, 4.69) is 0 Å². The van der Waals surface area contributed by atoms with Crippen LogP contribution in [-0.4, -0.2) is 54.1 Å². The zero-order chi connectivity index (χ0) is 24.2. The van der Waals surface area contributed by atoms with E-state index >= 15 is 0 Å². The van der Waals surface area contributed by atoms with Crippen LogP contribution in [-0.2, 0) is 14.3 Å². The van der Waals surface area contributed by atoms with E-state index in [1.807, 2.05) is 0 Å². The maximum absolute atomic E-state index is 13.2. The van der Waals surface area contributed by atoms with Gasteiger partial charge < -0.3 is 14.3 Å². The minimum absolute atomic E-state index is 0.0263. The van der Waals surface area contributed by atoms with Gasteiger partial charge in [0.25, 0.3) is 11.8 Å². The lowest BCUT2D eigenvalue weighted by Gasteiger charge is -2.33. The van der Waals surface area contributed by atoms with Crippen molar-refractivity contribution >= 4 is 35.6 Å². The fraction of sp³-hybridized carbons (Fsp3) is 0.120. The van der Waals surface area contributed by atoms with Crippen LogP contribution in [0.2, 0.25) is 0 Å². The van der Waals surface area contributed by atoms with Gasteiger partial charge in [-0.2, -0.15) is 0 Å². The number of benzene rings is 2. The molecule has 0 bridgehead atoms. The maximum atomic E-state index is 13.2. The molecule has 4 amide bonds. The first-order chi connectivity index (χ1) is 16.4. The van der Waals surface area contributed by atoms with E-state index in [1.54, 1.807) is 54.6 Å². The molecule has 1 aliphatic heterocycles. The molecule has 2 heterocycles. The van der Waals surface area contributed by atoms with Gasteiger partial charge in [0.15, 0.2) is 0 Å². The summed E-state index contributed by atoms with van der Waals surface area (Å²) in [5, 5.41) is 9.05. The Morgan fingerprint density at radius 2 is 1.68 bits per heavy atom. The van der Waals surface area contributed by atoms with Crippen LogP contribution in [0.5, 0.6) is 0 Å². The van der Waals surface area contributed by atoms with Crippen LogP contribution in [0.25, 0.3) is 17.4 Å². The highest BCUT2D eigenvalue weighted by atomic mass is 16.5. The van der Waals surface area contributed by atoms with E-state index in [9.17, 15) is 19.2 Å². The minimum atomic E-state index is -1.04. The lowest BCUT2D eigenvalue weighted by atomic mass is 10.1. The maximum Gasteiger partial charge on any atom is 0.338 e. The van der Waals surface area contributed by atoms with Gasteiger partial charge in [-0.25, -0.2) is 14.5 Å². The SMILES string of the molecule is COCCN1C(=O)/C(=C/c2ccc(-c3ccc(C(=O)O)cc3)o2)C(=O)N(c2ccccc2)C1=O. The van der Waals surface area contributed by atoms with Gasteiger partial charge in [-0.1, -0.05) is 30.3 Å². The lowest BCUT2D eigenvalue weighted by molar-refractivity contribution is -0.129. The van der Waals surface area contributed by atoms with Gasteiger partial charge in [0.1, 0.15) is 17.1 Å². The number of hydrogen-bond acceptors (Lipinski definition) is 6. The van der Waals surface area contributed by atoms with Crippen LogP contribution >= 0.6 is 0 Å². The molecular formula is C25H20N2O7. The second-order valence-electron chi connectivity index (χ2n) is 7.35. The molecule has 3 aromatic rings. The molecule has 9 heteroatoms. The molecule has 9 nitrogen and oxygen atoms in total. The number of para-hydroxylation sites is 1. The van der Waals surface area contributed by atoms with Gasteiger partial charge in [-0.3, -0.25) is 14.5 Å². The van der Waals surface area contributed by atoms with Gasteiger partial charge in [0.05, 0.1) is 24.4 Å². The van der Waals surface area contributed by atoms with Crippen LogP contribution in [0.4, 0.5) is 10.5 Å². The van der Waals surface area contributed by atoms with E-state index in [-0.39, 0.29) is 30.0 Å². The molecule has 0 spiro atoms. The van der Waals surface area contributed by atoms with Gasteiger partial charge in [-0.05, 0) is 42.5 Å². The highest BCUT2D eigenvalue weighted by Crippen LogP contribution is 2.28. The van der Waals surface area contributed by atoms with Gasteiger partial charge >= 0.3 is 12.0 Å². The molecule has 0 unspecified atom stereocenters. The number of amides is 4. The number of carboxylic acid groups (broad SMARTS) is 1. The molecule has 1 aromatic heterocycles. The monoisotopic (exact) mass is 460 g/mol. The van der Waals surface area contributed by atoms with Gasteiger partial charge in [-0.15, -0.1) is 0 Å². The Morgan fingerprint density at radius 1 is 0.971 bits per heavy atom. The molecule has 0 radical (unpaired) electrons. The highest BCUT2D eigenvalue weighted by Gasteiger charge is 2.42. The third kappa shape index (κ3) is 4.37. The van der Waals surface area contributed by atoms with Crippen LogP contribution in [0.1, 0.15) is 16.1 Å². The standard InChI is InChI=1S/C25H20N2O7/c1-33-14-13-26-22(28)20(23(29)27(25(26)32)18-5-3-2-4-6-18)15-19-11-12-21(34-19)16-7-9-17(10-8-16)24(30)31/h2-12,15H,13-14H2,1H3,(H,30,31)/b20-15-. The predicted octanol–water partition coefficient (Wildman–Crippen LogP) is 3.67. The Labute approximate surface area is 194 Å². The van der Waals surface area contributed by atoms with Crippen molar-refractivity contribution in [2.75, 3.05) is 25.2 Å². The average molecular weight is 460 g/mol. The summed E-state index contributed by atoms with van der Waals surface area (Å²) < 4.78 is 10.8. The molecule has 1 N–H and O–H groups in total. The zero-order valence-corrected chi connectivity index (χ0v) is 18.1. The summed E-state index contributed by atoms with van der Waals surface area (Å²) in [5.74, 6) is -1.90. The fourth-order valence-corrected chi connectivity index (χ4v) is 3.46. The van der Waals surface area contributed by atoms with Gasteiger partial charge in [0, 0.05) is 12.7 Å². The number of methoxy groups -OCH3 is 1. The molecule has 4 rings (SSSR count). The van der Waals surface area contributed by atoms with Crippen molar-refractivity contribution < 1.29 is 33.4 Å². The number of ether oxygens (including phenoxy) is 1. The third-order valence-electron chi connectivity index (χ3n) is 5.19. The van der Waals surface area contributed by atoms with Crippen molar-refractivity contribution in [1.29, 1.82) is 0 Å². The molecule has 1 saturated heterocycles. The Bertz CT molecular complexity index is 1280. The molecule has 0 saturated carbocycles. The first-order valence-corrected chi connectivity index (χ1v) is 10.3. The number of rotatable bonds is 7. The quantitative estimate of drug-likeness (QED) is 0.422. The Morgan fingerprint density at radius 3 is 2.32 bits per heavy atom. The highest BCUT2D eigenvalue weighted by molar-refractivity contribution is 6.39. The topological polar surface area (TPSA) is 117 Å². The van der Waals surface area contributed by atoms with E-state index in [0.29, 0.717) is 17.0 Å². The number of barbiturate groups is 1.